The van der Waals surface area contributed by atoms with Crippen LogP contribution in [0.4, 0.5) is 8.78 Å². The first kappa shape index (κ1) is 11.4. The maximum absolute atomic E-state index is 13.2. The molecule has 0 aliphatic heterocycles. The second kappa shape index (κ2) is 4.52. The maximum Gasteiger partial charge on any atom is 0.123 e. The van der Waals surface area contributed by atoms with Crippen LogP contribution in [0.1, 0.15) is 35.4 Å². The number of fused-ring (bicyclic) bond motifs is 1. The van der Waals surface area contributed by atoms with Crippen LogP contribution >= 0.6 is 0 Å². The second-order valence-corrected chi connectivity index (χ2v) is 4.84. The molecule has 0 nitrogen and oxygen atoms in total. The molecule has 0 saturated carbocycles. The minimum absolute atomic E-state index is 0.173. The molecule has 0 aromatic heterocycles. The number of hydrogen-bond donors (Lipinski definition) is 0. The lowest BCUT2D eigenvalue weighted by Gasteiger charge is -2.26. The largest absolute Gasteiger partial charge is 0.207 e. The summed E-state index contributed by atoms with van der Waals surface area (Å²) in [7, 11) is 0. The van der Waals surface area contributed by atoms with Crippen LogP contribution in [-0.4, -0.2) is 0 Å². The number of benzene rings is 2. The smallest absolute Gasteiger partial charge is 0.123 e. The minimum atomic E-state index is -0.214. The molecule has 1 aliphatic rings. The molecule has 0 bridgehead atoms. The first-order chi connectivity index (χ1) is 8.74. The van der Waals surface area contributed by atoms with E-state index in [1.54, 1.807) is 6.07 Å². The molecule has 0 saturated heterocycles. The Hall–Kier alpha value is -1.70. The summed E-state index contributed by atoms with van der Waals surface area (Å²) in [5, 5.41) is 0. The van der Waals surface area contributed by atoms with Gasteiger partial charge in [-0.05, 0) is 60.2 Å². The van der Waals surface area contributed by atoms with E-state index < -0.39 is 0 Å². The standard InChI is InChI=1S/C16H14F2/c17-13-6-4-11(5-7-13)15-3-1-2-12-10-14(18)8-9-16(12)15/h4-10,15H,1-3H2. The molecule has 0 spiro atoms. The summed E-state index contributed by atoms with van der Waals surface area (Å²) in [4.78, 5) is 0. The van der Waals surface area contributed by atoms with E-state index in [4.69, 9.17) is 0 Å². The summed E-state index contributed by atoms with van der Waals surface area (Å²) in [6.07, 6.45) is 3.04. The van der Waals surface area contributed by atoms with Crippen LogP contribution in [0.15, 0.2) is 42.5 Å². The SMILES string of the molecule is Fc1ccc(C2CCCc3cc(F)ccc32)cc1. The fourth-order valence-electron chi connectivity index (χ4n) is 2.82. The average molecular weight is 244 g/mol. The van der Waals surface area contributed by atoms with Gasteiger partial charge in [-0.15, -0.1) is 0 Å². The fraction of sp³-hybridized carbons (Fsp3) is 0.250. The topological polar surface area (TPSA) is 0 Å². The predicted octanol–water partition coefficient (Wildman–Crippen LogP) is 4.43. The molecule has 1 atom stereocenters. The summed E-state index contributed by atoms with van der Waals surface area (Å²) < 4.78 is 26.2. The van der Waals surface area contributed by atoms with Gasteiger partial charge in [-0.1, -0.05) is 18.2 Å². The van der Waals surface area contributed by atoms with Crippen LogP contribution in [-0.2, 0) is 6.42 Å². The van der Waals surface area contributed by atoms with E-state index in [1.165, 1.54) is 23.8 Å². The Bertz CT molecular complexity index is 558. The Kier molecular flexibility index (Phi) is 2.86. The van der Waals surface area contributed by atoms with E-state index in [9.17, 15) is 8.78 Å². The molecule has 1 aliphatic carbocycles. The molecule has 0 heterocycles. The monoisotopic (exact) mass is 244 g/mol. The third-order valence-electron chi connectivity index (χ3n) is 3.69. The quantitative estimate of drug-likeness (QED) is 0.696. The third-order valence-corrected chi connectivity index (χ3v) is 3.69. The zero-order valence-electron chi connectivity index (χ0n) is 10.00. The Morgan fingerprint density at radius 2 is 1.61 bits per heavy atom. The fourth-order valence-corrected chi connectivity index (χ4v) is 2.82. The predicted molar refractivity (Wildman–Crippen MR) is 67.6 cm³/mol. The zero-order chi connectivity index (χ0) is 12.5. The minimum Gasteiger partial charge on any atom is -0.207 e. The van der Waals surface area contributed by atoms with Gasteiger partial charge < -0.3 is 0 Å². The first-order valence-electron chi connectivity index (χ1n) is 6.28. The van der Waals surface area contributed by atoms with Crippen LogP contribution in [0.5, 0.6) is 0 Å². The Morgan fingerprint density at radius 1 is 0.889 bits per heavy atom. The molecule has 2 heteroatoms. The first-order valence-corrected chi connectivity index (χ1v) is 6.28. The van der Waals surface area contributed by atoms with Crippen LogP contribution in [0, 0.1) is 11.6 Å². The van der Waals surface area contributed by atoms with Gasteiger partial charge in [0.2, 0.25) is 0 Å². The highest BCUT2D eigenvalue weighted by Gasteiger charge is 2.21. The maximum atomic E-state index is 13.2. The number of hydrogen-bond acceptors (Lipinski definition) is 0. The molecule has 18 heavy (non-hydrogen) atoms. The van der Waals surface area contributed by atoms with E-state index in [2.05, 4.69) is 0 Å². The van der Waals surface area contributed by atoms with Crippen LogP contribution in [0.25, 0.3) is 0 Å². The van der Waals surface area contributed by atoms with Gasteiger partial charge in [-0.25, -0.2) is 8.78 Å². The van der Waals surface area contributed by atoms with Crippen molar-refractivity contribution in [3.05, 3.63) is 70.8 Å². The van der Waals surface area contributed by atoms with Gasteiger partial charge in [-0.3, -0.25) is 0 Å². The van der Waals surface area contributed by atoms with Crippen LogP contribution in [0.2, 0.25) is 0 Å². The van der Waals surface area contributed by atoms with Crippen molar-refractivity contribution in [3.63, 3.8) is 0 Å². The van der Waals surface area contributed by atoms with Crippen molar-refractivity contribution in [2.24, 2.45) is 0 Å². The van der Waals surface area contributed by atoms with Gasteiger partial charge in [0.1, 0.15) is 11.6 Å². The average Bonchev–Trinajstić information content (AvgIpc) is 2.38. The molecule has 0 N–H and O–H groups in total. The van der Waals surface area contributed by atoms with E-state index >= 15 is 0 Å². The van der Waals surface area contributed by atoms with Gasteiger partial charge in [0, 0.05) is 5.92 Å². The van der Waals surface area contributed by atoms with Gasteiger partial charge in [0.15, 0.2) is 0 Å². The molecule has 92 valence electrons. The summed E-state index contributed by atoms with van der Waals surface area (Å²) in [5.74, 6) is -0.114. The molecule has 2 aromatic carbocycles. The normalized spacial score (nSPS) is 18.4. The second-order valence-electron chi connectivity index (χ2n) is 4.84. The van der Waals surface area contributed by atoms with Crippen LogP contribution < -0.4 is 0 Å². The highest BCUT2D eigenvalue weighted by atomic mass is 19.1. The van der Waals surface area contributed by atoms with Gasteiger partial charge >= 0.3 is 0 Å². The van der Waals surface area contributed by atoms with Gasteiger partial charge in [-0.2, -0.15) is 0 Å². The van der Waals surface area contributed by atoms with Crippen molar-refractivity contribution in [2.75, 3.05) is 0 Å². The van der Waals surface area contributed by atoms with Crippen molar-refractivity contribution in [1.82, 2.24) is 0 Å². The van der Waals surface area contributed by atoms with Crippen LogP contribution in [0.3, 0.4) is 0 Å². The molecular weight excluding hydrogens is 230 g/mol. The summed E-state index contributed by atoms with van der Waals surface area (Å²) in [6, 6.07) is 11.7. The van der Waals surface area contributed by atoms with Crippen molar-refractivity contribution < 1.29 is 8.78 Å². The van der Waals surface area contributed by atoms with Crippen molar-refractivity contribution in [3.8, 4) is 0 Å². The van der Waals surface area contributed by atoms with E-state index in [1.807, 2.05) is 18.2 Å². The third kappa shape index (κ3) is 2.03. The molecule has 0 amide bonds. The Labute approximate surface area is 105 Å². The summed E-state index contributed by atoms with van der Waals surface area (Å²) >= 11 is 0. The lowest BCUT2D eigenvalue weighted by Crippen LogP contribution is -2.11. The molecule has 0 radical (unpaired) electrons. The number of aryl methyl sites for hydroxylation is 1. The molecular formula is C16H14F2. The Balaban J connectivity index is 2.03. The van der Waals surface area contributed by atoms with Crippen molar-refractivity contribution in [1.29, 1.82) is 0 Å². The van der Waals surface area contributed by atoms with Gasteiger partial charge in [0.05, 0.1) is 0 Å². The van der Waals surface area contributed by atoms with Crippen molar-refractivity contribution >= 4 is 0 Å². The summed E-state index contributed by atoms with van der Waals surface area (Å²) in [5.41, 5.74) is 3.40. The Morgan fingerprint density at radius 3 is 2.39 bits per heavy atom. The number of halogens is 2. The lowest BCUT2D eigenvalue weighted by atomic mass is 9.79. The highest BCUT2D eigenvalue weighted by Crippen LogP contribution is 2.36. The van der Waals surface area contributed by atoms with Crippen molar-refractivity contribution in [2.45, 2.75) is 25.2 Å². The molecule has 3 rings (SSSR count). The molecule has 2 aromatic rings. The molecule has 0 fully saturated rings. The zero-order valence-corrected chi connectivity index (χ0v) is 10.00. The van der Waals surface area contributed by atoms with E-state index in [0.29, 0.717) is 0 Å². The lowest BCUT2D eigenvalue weighted by molar-refractivity contribution is 0.589. The van der Waals surface area contributed by atoms with E-state index in [-0.39, 0.29) is 17.6 Å². The molecule has 1 unspecified atom stereocenters. The van der Waals surface area contributed by atoms with E-state index in [0.717, 1.165) is 30.4 Å². The number of rotatable bonds is 1. The highest BCUT2D eigenvalue weighted by molar-refractivity contribution is 5.40. The summed E-state index contributed by atoms with van der Waals surface area (Å²) in [6.45, 7) is 0. The van der Waals surface area contributed by atoms with Gasteiger partial charge in [0.25, 0.3) is 0 Å².